The zero-order valence-electron chi connectivity index (χ0n) is 38.6. The third kappa shape index (κ3) is 7.11. The van der Waals surface area contributed by atoms with Crippen molar-refractivity contribution in [3.63, 3.8) is 0 Å². The fourth-order valence-corrected chi connectivity index (χ4v) is 15.6. The highest BCUT2D eigenvalue weighted by Gasteiger charge is 2.73. The lowest BCUT2D eigenvalue weighted by molar-refractivity contribution is -0.366. The molecule has 7 aliphatic rings. The zero-order valence-corrected chi connectivity index (χ0v) is 38.6. The number of benzene rings is 1. The van der Waals surface area contributed by atoms with Crippen LogP contribution in [0.2, 0.25) is 0 Å². The average molecular weight is 911 g/mol. The van der Waals surface area contributed by atoms with E-state index in [1.54, 1.807) is 6.07 Å². The van der Waals surface area contributed by atoms with Gasteiger partial charge in [-0.2, -0.15) is 0 Å². The molecule has 7 fully saturated rings. The van der Waals surface area contributed by atoms with E-state index in [0.29, 0.717) is 30.6 Å². The molecule has 15 nitrogen and oxygen atoms in total. The maximum absolute atomic E-state index is 14.8. The number of phenols is 1. The van der Waals surface area contributed by atoms with E-state index in [1.165, 1.54) is 25.1 Å². The summed E-state index contributed by atoms with van der Waals surface area (Å²) in [5, 5.41) is 76.3. The molecule has 2 aromatic rings. The summed E-state index contributed by atoms with van der Waals surface area (Å²) in [6.45, 7) is 17.1. The summed E-state index contributed by atoms with van der Waals surface area (Å²) in [7, 11) is 0. The molecule has 2 saturated heterocycles. The Morgan fingerprint density at radius 2 is 1.58 bits per heavy atom. The second-order valence-corrected chi connectivity index (χ2v) is 22.2. The van der Waals surface area contributed by atoms with E-state index in [2.05, 4.69) is 41.2 Å². The number of phenolic OH excluding ortho intramolecular Hbond substituents is 1. The second kappa shape index (κ2) is 16.6. The van der Waals surface area contributed by atoms with Crippen molar-refractivity contribution in [1.29, 1.82) is 0 Å². The van der Waals surface area contributed by atoms with E-state index < -0.39 is 77.9 Å². The fourth-order valence-electron chi connectivity index (χ4n) is 15.6. The summed E-state index contributed by atoms with van der Waals surface area (Å²) in [4.78, 5) is 26.8. The van der Waals surface area contributed by atoms with Gasteiger partial charge in [-0.3, -0.25) is 4.79 Å². The number of rotatable bonds is 8. The van der Waals surface area contributed by atoms with Gasteiger partial charge in [-0.25, -0.2) is 4.79 Å². The van der Waals surface area contributed by atoms with Crippen LogP contribution in [0, 0.1) is 56.7 Å². The number of ether oxygens (including phenoxy) is 5. The van der Waals surface area contributed by atoms with Gasteiger partial charge in [-0.1, -0.05) is 39.8 Å². The molecule has 0 radical (unpaired) electrons. The van der Waals surface area contributed by atoms with Gasteiger partial charge in [0.1, 0.15) is 42.2 Å². The van der Waals surface area contributed by atoms with Gasteiger partial charge in [-0.15, -0.1) is 0 Å². The largest absolute Gasteiger partial charge is 0.504 e. The molecule has 20 atom stereocenters. The number of allylic oxidation sites excluding steroid dienone is 1. The zero-order chi connectivity index (χ0) is 46.8. The summed E-state index contributed by atoms with van der Waals surface area (Å²) in [5.41, 5.74) is -1.21. The van der Waals surface area contributed by atoms with Gasteiger partial charge in [-0.05, 0) is 136 Å². The molecule has 1 aromatic heterocycles. The number of hydrogen-bond acceptors (Lipinski definition) is 15. The van der Waals surface area contributed by atoms with Crippen LogP contribution >= 0.6 is 0 Å². The predicted molar refractivity (Wildman–Crippen MR) is 234 cm³/mol. The van der Waals surface area contributed by atoms with Crippen LogP contribution in [-0.4, -0.2) is 116 Å². The number of hydrogen-bond donors (Lipinski definition) is 7. The number of fused-ring (bicyclic) bond motifs is 8. The molecule has 15 heteroatoms. The quantitative estimate of drug-likeness (QED) is 0.0625. The second-order valence-electron chi connectivity index (χ2n) is 22.2. The average Bonchev–Trinajstić information content (AvgIpc) is 3.67. The van der Waals surface area contributed by atoms with Crippen molar-refractivity contribution in [2.45, 2.75) is 167 Å². The van der Waals surface area contributed by atoms with Crippen molar-refractivity contribution in [2.75, 3.05) is 13.2 Å². The Morgan fingerprint density at radius 3 is 2.31 bits per heavy atom. The third-order valence-electron chi connectivity index (χ3n) is 19.3. The highest BCUT2D eigenvalue weighted by Crippen LogP contribution is 2.78. The molecule has 1 aromatic carbocycles. The molecule has 360 valence electrons. The van der Waals surface area contributed by atoms with Crippen LogP contribution in [0.3, 0.4) is 0 Å². The van der Waals surface area contributed by atoms with E-state index in [-0.39, 0.29) is 76.2 Å². The Bertz CT molecular complexity index is 2210. The van der Waals surface area contributed by atoms with Crippen LogP contribution in [0.1, 0.15) is 106 Å². The number of esters is 1. The molecular formula is C50H70O15. The third-order valence-corrected chi connectivity index (χ3v) is 19.3. The van der Waals surface area contributed by atoms with Crippen molar-refractivity contribution >= 4 is 16.9 Å². The van der Waals surface area contributed by atoms with Crippen LogP contribution < -0.4 is 10.4 Å². The van der Waals surface area contributed by atoms with Crippen molar-refractivity contribution in [3.8, 4) is 11.5 Å². The minimum atomic E-state index is -1.65. The number of aliphatic hydroxyl groups is 6. The number of aliphatic hydroxyl groups excluding tert-OH is 6. The van der Waals surface area contributed by atoms with Gasteiger partial charge in [0.05, 0.1) is 30.8 Å². The van der Waals surface area contributed by atoms with Crippen molar-refractivity contribution < 1.29 is 68.6 Å². The van der Waals surface area contributed by atoms with Crippen molar-refractivity contribution in [2.24, 2.45) is 56.7 Å². The molecule has 3 heterocycles. The summed E-state index contributed by atoms with van der Waals surface area (Å²) in [6.07, 6.45) is -4.89. The number of carbonyl (C=O) groups is 1. The van der Waals surface area contributed by atoms with Crippen molar-refractivity contribution in [3.05, 3.63) is 46.8 Å². The van der Waals surface area contributed by atoms with Gasteiger partial charge in [0, 0.05) is 22.9 Å². The van der Waals surface area contributed by atoms with Crippen molar-refractivity contribution in [1.82, 2.24) is 0 Å². The van der Waals surface area contributed by atoms with Gasteiger partial charge in [0.2, 0.25) is 0 Å². The first-order valence-corrected chi connectivity index (χ1v) is 23.9. The summed E-state index contributed by atoms with van der Waals surface area (Å²) < 4.78 is 36.0. The molecule has 9 rings (SSSR count). The number of aromatic hydroxyl groups is 1. The van der Waals surface area contributed by atoms with E-state index in [1.807, 2.05) is 0 Å². The topological polar surface area (TPSA) is 235 Å². The Labute approximate surface area is 380 Å². The Morgan fingerprint density at radius 1 is 0.831 bits per heavy atom. The molecule has 0 amide bonds. The standard InChI is InChI=1S/C50H70O15/c1-24(2)27-12-17-50(45(59)63-32-21-31-26(20-29(32)52)8-11-36(54)62-31)19-18-48(6)28(37(27)50)9-10-34-46(4)15-14-35(47(5,23-51)33(46)13-16-49(34,48)7)64-44-42(39(56)30(53)22-60-44)65-43-41(58)40(57)38(55)25(3)61-43/h8,11,20-21,25,27-28,30,33-35,37-44,51-53,55-58H,1,9-10,12-19,22-23H2,2-7H3/t25-,27-,28+,30-,33+,34+,35-,37+,38-,39-,40+,41+,42+,43-,44-,46-,47-,48+,49+,50-/m0/s1. The van der Waals surface area contributed by atoms with E-state index in [4.69, 9.17) is 28.1 Å². The monoisotopic (exact) mass is 910 g/mol. The fraction of sp³-hybridized carbons (Fsp3) is 0.760. The Hall–Kier alpha value is -2.96. The minimum absolute atomic E-state index is 0.0156. The van der Waals surface area contributed by atoms with Crippen LogP contribution in [-0.2, 0) is 23.7 Å². The normalized spacial score (nSPS) is 48.4. The Kier molecular flexibility index (Phi) is 12.1. The first-order valence-electron chi connectivity index (χ1n) is 23.9. The SMILES string of the molecule is C=C(C)[C@@H]1CC[C@]2(C(=O)Oc3cc4oc(=O)ccc4cc3O)CC[C@]3(C)[C@H](CC[C@@H]4[C@@]5(C)CC[C@H](O[C@@H]6OC[C@H](O)[C@H](O)[C@H]6O[C@@H]6O[C@@H](C)[C@H](O)[C@@H](O)[C@H]6O)[C@@](C)(CO)[C@@H]5CC[C@]43C)[C@@H]12. The van der Waals surface area contributed by atoms with Crippen LogP contribution in [0.15, 0.2) is 45.6 Å². The molecule has 2 aliphatic heterocycles. The molecule has 0 unspecified atom stereocenters. The van der Waals surface area contributed by atoms with E-state index >= 15 is 0 Å². The maximum Gasteiger partial charge on any atom is 0.336 e. The maximum atomic E-state index is 14.8. The van der Waals surface area contributed by atoms with Gasteiger partial charge in [0.25, 0.3) is 0 Å². The molecule has 5 aliphatic carbocycles. The summed E-state index contributed by atoms with van der Waals surface area (Å²) in [5.74, 6) is 0.0647. The van der Waals surface area contributed by atoms with Crippen LogP contribution in [0.25, 0.3) is 11.0 Å². The minimum Gasteiger partial charge on any atom is -0.504 e. The molecule has 5 saturated carbocycles. The van der Waals surface area contributed by atoms with E-state index in [9.17, 15) is 45.3 Å². The molecule has 65 heavy (non-hydrogen) atoms. The highest BCUT2D eigenvalue weighted by molar-refractivity contribution is 5.85. The highest BCUT2D eigenvalue weighted by atomic mass is 16.8. The molecule has 0 spiro atoms. The lowest BCUT2D eigenvalue weighted by Crippen LogP contribution is -2.68. The molecule has 7 N–H and O–H groups in total. The summed E-state index contributed by atoms with van der Waals surface area (Å²) >= 11 is 0. The number of carbonyl (C=O) groups excluding carboxylic acids is 1. The first kappa shape index (κ1) is 47.1. The molecular weight excluding hydrogens is 841 g/mol. The van der Waals surface area contributed by atoms with Crippen LogP contribution in [0.4, 0.5) is 0 Å². The van der Waals surface area contributed by atoms with Gasteiger partial charge in [0.15, 0.2) is 24.1 Å². The van der Waals surface area contributed by atoms with Gasteiger partial charge >= 0.3 is 11.6 Å². The predicted octanol–water partition coefficient (Wildman–Crippen LogP) is 4.71. The van der Waals surface area contributed by atoms with Crippen LogP contribution in [0.5, 0.6) is 11.5 Å². The Balaban J connectivity index is 0.967. The lowest BCUT2D eigenvalue weighted by atomic mass is 9.32. The van der Waals surface area contributed by atoms with Gasteiger partial charge < -0.3 is 63.8 Å². The van der Waals surface area contributed by atoms with E-state index in [0.717, 1.165) is 50.5 Å². The lowest BCUT2D eigenvalue weighted by Gasteiger charge is -2.73. The smallest absolute Gasteiger partial charge is 0.336 e. The molecule has 0 bridgehead atoms. The first-order chi connectivity index (χ1) is 30.6. The summed E-state index contributed by atoms with van der Waals surface area (Å²) in [6, 6.07) is 5.72.